The third-order valence-corrected chi connectivity index (χ3v) is 4.79. The average Bonchev–Trinajstić information content (AvgIpc) is 3.12. The zero-order valence-electron chi connectivity index (χ0n) is 15.4. The molecule has 0 unspecified atom stereocenters. The second kappa shape index (κ2) is 7.80. The van der Waals surface area contributed by atoms with E-state index in [4.69, 9.17) is 9.47 Å². The van der Waals surface area contributed by atoms with Crippen molar-refractivity contribution in [2.24, 2.45) is 0 Å². The summed E-state index contributed by atoms with van der Waals surface area (Å²) in [5, 5.41) is 3.08. The van der Waals surface area contributed by atoms with Crippen molar-refractivity contribution in [1.82, 2.24) is 14.7 Å². The van der Waals surface area contributed by atoms with Crippen LogP contribution in [0.2, 0.25) is 0 Å². The summed E-state index contributed by atoms with van der Waals surface area (Å²) in [7, 11) is 0. The van der Waals surface area contributed by atoms with Gasteiger partial charge < -0.3 is 19.2 Å². The Labute approximate surface area is 158 Å². The normalized spacial score (nSPS) is 15.0. The van der Waals surface area contributed by atoms with Crippen LogP contribution in [0.25, 0.3) is 5.65 Å². The first-order valence-electron chi connectivity index (χ1n) is 9.24. The second-order valence-corrected chi connectivity index (χ2v) is 6.80. The molecule has 0 saturated carbocycles. The Morgan fingerprint density at radius 1 is 1.26 bits per heavy atom. The minimum atomic E-state index is -0.108. The molecule has 1 aliphatic heterocycles. The molecule has 1 saturated heterocycles. The number of ether oxygens (including phenoxy) is 2. The first-order valence-corrected chi connectivity index (χ1v) is 9.24. The van der Waals surface area contributed by atoms with E-state index in [9.17, 15) is 4.79 Å². The van der Waals surface area contributed by atoms with Crippen molar-refractivity contribution < 1.29 is 14.3 Å². The van der Waals surface area contributed by atoms with Crippen LogP contribution < -0.4 is 10.1 Å². The summed E-state index contributed by atoms with van der Waals surface area (Å²) >= 11 is 0. The molecule has 27 heavy (non-hydrogen) atoms. The molecule has 4 rings (SSSR count). The quantitative estimate of drug-likeness (QED) is 0.754. The van der Waals surface area contributed by atoms with Crippen LogP contribution in [0.5, 0.6) is 5.75 Å². The van der Waals surface area contributed by atoms with E-state index in [0.29, 0.717) is 31.1 Å². The fourth-order valence-corrected chi connectivity index (χ4v) is 3.31. The Morgan fingerprint density at radius 2 is 2.07 bits per heavy atom. The molecule has 1 aliphatic rings. The van der Waals surface area contributed by atoms with Gasteiger partial charge in [0, 0.05) is 31.6 Å². The van der Waals surface area contributed by atoms with Crippen LogP contribution in [-0.4, -0.2) is 34.5 Å². The van der Waals surface area contributed by atoms with Crippen molar-refractivity contribution in [1.29, 1.82) is 0 Å². The molecule has 1 aromatic carbocycles. The lowest BCUT2D eigenvalue weighted by molar-refractivity contribution is 0.0694. The zero-order valence-corrected chi connectivity index (χ0v) is 15.4. The molecule has 6 heteroatoms. The standard InChI is InChI=1S/C21H23N3O3/c1-15-5-4-10-24-13-17(22-20(15)24)14-27-19-7-3-2-6-18(19)21(25)23-16-8-11-26-12-9-16/h2-7,10,13,16H,8-9,11-12,14H2,1H3,(H,23,25). The highest BCUT2D eigenvalue weighted by Crippen LogP contribution is 2.20. The molecule has 1 fully saturated rings. The number of nitrogens with zero attached hydrogens (tertiary/aromatic N) is 2. The van der Waals surface area contributed by atoms with E-state index in [-0.39, 0.29) is 11.9 Å². The summed E-state index contributed by atoms with van der Waals surface area (Å²) in [6.45, 7) is 3.72. The summed E-state index contributed by atoms with van der Waals surface area (Å²) < 4.78 is 13.3. The topological polar surface area (TPSA) is 64.9 Å². The summed E-state index contributed by atoms with van der Waals surface area (Å²) in [5.41, 5.74) is 3.40. The van der Waals surface area contributed by atoms with Gasteiger partial charge in [0.2, 0.25) is 0 Å². The first kappa shape index (κ1) is 17.5. The van der Waals surface area contributed by atoms with Crippen molar-refractivity contribution >= 4 is 11.6 Å². The molecule has 140 valence electrons. The van der Waals surface area contributed by atoms with Gasteiger partial charge in [-0.3, -0.25) is 4.79 Å². The number of pyridine rings is 1. The summed E-state index contributed by atoms with van der Waals surface area (Å²) in [4.78, 5) is 17.3. The Balaban J connectivity index is 1.47. The molecule has 0 bridgehead atoms. The Morgan fingerprint density at radius 3 is 2.89 bits per heavy atom. The molecule has 2 aromatic heterocycles. The van der Waals surface area contributed by atoms with Gasteiger partial charge in [0.25, 0.3) is 5.91 Å². The number of imidazole rings is 1. The molecule has 0 atom stereocenters. The third kappa shape index (κ3) is 3.95. The van der Waals surface area contributed by atoms with E-state index in [1.807, 2.05) is 54.0 Å². The van der Waals surface area contributed by atoms with E-state index >= 15 is 0 Å². The lowest BCUT2D eigenvalue weighted by atomic mass is 10.1. The van der Waals surface area contributed by atoms with Gasteiger partial charge >= 0.3 is 0 Å². The van der Waals surface area contributed by atoms with E-state index in [0.717, 1.165) is 29.7 Å². The van der Waals surface area contributed by atoms with Crippen LogP contribution in [0.1, 0.15) is 34.5 Å². The first-order chi connectivity index (χ1) is 13.2. The van der Waals surface area contributed by atoms with E-state index in [1.54, 1.807) is 6.07 Å². The van der Waals surface area contributed by atoms with E-state index < -0.39 is 0 Å². The summed E-state index contributed by atoms with van der Waals surface area (Å²) in [6.07, 6.45) is 5.60. The van der Waals surface area contributed by atoms with Crippen LogP contribution >= 0.6 is 0 Å². The molecule has 1 N–H and O–H groups in total. The predicted octanol–water partition coefficient (Wildman–Crippen LogP) is 3.13. The van der Waals surface area contributed by atoms with Gasteiger partial charge in [-0.1, -0.05) is 18.2 Å². The lowest BCUT2D eigenvalue weighted by Crippen LogP contribution is -2.39. The van der Waals surface area contributed by atoms with E-state index in [1.165, 1.54) is 0 Å². The molecule has 3 aromatic rings. The molecule has 0 aliphatic carbocycles. The SMILES string of the molecule is Cc1cccn2cc(COc3ccccc3C(=O)NC3CCOCC3)nc12. The fourth-order valence-electron chi connectivity index (χ4n) is 3.31. The highest BCUT2D eigenvalue weighted by Gasteiger charge is 2.19. The van der Waals surface area contributed by atoms with Gasteiger partial charge in [-0.05, 0) is 43.5 Å². The van der Waals surface area contributed by atoms with E-state index in [2.05, 4.69) is 10.3 Å². The lowest BCUT2D eigenvalue weighted by Gasteiger charge is -2.23. The third-order valence-electron chi connectivity index (χ3n) is 4.79. The van der Waals surface area contributed by atoms with Crippen LogP contribution in [-0.2, 0) is 11.3 Å². The highest BCUT2D eigenvalue weighted by molar-refractivity contribution is 5.97. The Bertz CT molecular complexity index is 945. The summed E-state index contributed by atoms with van der Waals surface area (Å²) in [5.74, 6) is 0.458. The van der Waals surface area contributed by atoms with Crippen molar-refractivity contribution in [2.75, 3.05) is 13.2 Å². The maximum absolute atomic E-state index is 12.7. The van der Waals surface area contributed by atoms with Crippen molar-refractivity contribution in [3.05, 3.63) is 65.6 Å². The maximum Gasteiger partial charge on any atom is 0.255 e. The molecule has 6 nitrogen and oxygen atoms in total. The van der Waals surface area contributed by atoms with Crippen molar-refractivity contribution in [3.8, 4) is 5.75 Å². The van der Waals surface area contributed by atoms with Gasteiger partial charge in [0.1, 0.15) is 18.0 Å². The number of rotatable bonds is 5. The Kier molecular flexibility index (Phi) is 5.07. The predicted molar refractivity (Wildman–Crippen MR) is 102 cm³/mol. The van der Waals surface area contributed by atoms with Crippen LogP contribution in [0.15, 0.2) is 48.8 Å². The number of hydrogen-bond donors (Lipinski definition) is 1. The number of aromatic nitrogens is 2. The Hall–Kier alpha value is -2.86. The van der Waals surface area contributed by atoms with Gasteiger partial charge in [0.15, 0.2) is 0 Å². The second-order valence-electron chi connectivity index (χ2n) is 6.80. The smallest absolute Gasteiger partial charge is 0.255 e. The van der Waals surface area contributed by atoms with Crippen molar-refractivity contribution in [2.45, 2.75) is 32.4 Å². The highest BCUT2D eigenvalue weighted by atomic mass is 16.5. The number of aryl methyl sites for hydroxylation is 1. The van der Waals surface area contributed by atoms with Crippen LogP contribution in [0, 0.1) is 6.92 Å². The number of benzene rings is 1. The molecular weight excluding hydrogens is 342 g/mol. The molecule has 1 amide bonds. The molecule has 0 radical (unpaired) electrons. The maximum atomic E-state index is 12.7. The summed E-state index contributed by atoms with van der Waals surface area (Å²) in [6, 6.07) is 11.5. The molecular formula is C21H23N3O3. The van der Waals surface area contributed by atoms with Gasteiger partial charge in [0.05, 0.1) is 11.3 Å². The largest absolute Gasteiger partial charge is 0.486 e. The monoisotopic (exact) mass is 365 g/mol. The number of fused-ring (bicyclic) bond motifs is 1. The minimum absolute atomic E-state index is 0.108. The number of para-hydroxylation sites is 1. The van der Waals surface area contributed by atoms with Gasteiger partial charge in [-0.2, -0.15) is 0 Å². The number of carbonyl (C=O) groups is 1. The zero-order chi connectivity index (χ0) is 18.6. The average molecular weight is 365 g/mol. The van der Waals surface area contributed by atoms with Crippen LogP contribution in [0.3, 0.4) is 0 Å². The minimum Gasteiger partial charge on any atom is -0.486 e. The van der Waals surface area contributed by atoms with Crippen molar-refractivity contribution in [3.63, 3.8) is 0 Å². The van der Waals surface area contributed by atoms with Gasteiger partial charge in [-0.25, -0.2) is 4.98 Å². The number of amides is 1. The van der Waals surface area contributed by atoms with Crippen LogP contribution in [0.4, 0.5) is 0 Å². The fraction of sp³-hybridized carbons (Fsp3) is 0.333. The van der Waals surface area contributed by atoms with Gasteiger partial charge in [-0.15, -0.1) is 0 Å². The number of hydrogen-bond acceptors (Lipinski definition) is 4. The number of carbonyl (C=O) groups excluding carboxylic acids is 1. The molecule has 0 spiro atoms. The number of nitrogens with one attached hydrogen (secondary N) is 1. The molecule has 3 heterocycles.